The van der Waals surface area contributed by atoms with E-state index in [9.17, 15) is 0 Å². The SMILES string of the molecule is Cc1ccc(C2(c3ccc(-c4ccc(-c5cccs5)s4)s3)C=Cc3c(ccc4cc(-c5ccc(-c6cccs6)s5)ccc34)O2)cc1. The van der Waals surface area contributed by atoms with Crippen LogP contribution >= 0.6 is 56.7 Å². The molecule has 6 heterocycles. The molecule has 0 fully saturated rings. The molecule has 0 amide bonds. The Kier molecular flexibility index (Phi) is 6.95. The van der Waals surface area contributed by atoms with Crippen molar-refractivity contribution in [3.8, 4) is 45.5 Å². The molecule has 1 nitrogen and oxygen atoms in total. The van der Waals surface area contributed by atoms with Crippen molar-refractivity contribution in [1.82, 2.24) is 0 Å². The molecule has 6 heteroatoms. The van der Waals surface area contributed by atoms with Gasteiger partial charge in [-0.15, -0.1) is 56.7 Å². The van der Waals surface area contributed by atoms with Crippen LogP contribution in [0.3, 0.4) is 0 Å². The Morgan fingerprint density at radius 1 is 0.565 bits per heavy atom. The van der Waals surface area contributed by atoms with Gasteiger partial charge in [0, 0.05) is 45.3 Å². The molecule has 1 atom stereocenters. The quantitative estimate of drug-likeness (QED) is 0.170. The predicted molar refractivity (Wildman–Crippen MR) is 203 cm³/mol. The molecule has 1 aliphatic heterocycles. The Labute approximate surface area is 288 Å². The van der Waals surface area contributed by atoms with Gasteiger partial charge in [0.15, 0.2) is 5.60 Å². The smallest absolute Gasteiger partial charge is 0.187 e. The lowest BCUT2D eigenvalue weighted by Gasteiger charge is -2.35. The molecule has 0 saturated heterocycles. The first kappa shape index (κ1) is 28.2. The lowest BCUT2D eigenvalue weighted by molar-refractivity contribution is 0.165. The van der Waals surface area contributed by atoms with E-state index in [1.54, 1.807) is 22.7 Å². The van der Waals surface area contributed by atoms with Crippen molar-refractivity contribution >= 4 is 73.5 Å². The Morgan fingerprint density at radius 3 is 1.93 bits per heavy atom. The van der Waals surface area contributed by atoms with Gasteiger partial charge in [-0.1, -0.05) is 60.2 Å². The van der Waals surface area contributed by atoms with Gasteiger partial charge in [-0.05, 0) is 107 Å². The molecular weight excluding hydrogens is 657 g/mol. The Morgan fingerprint density at radius 2 is 1.22 bits per heavy atom. The zero-order chi connectivity index (χ0) is 30.7. The summed E-state index contributed by atoms with van der Waals surface area (Å²) >= 11 is 9.11. The highest BCUT2D eigenvalue weighted by molar-refractivity contribution is 7.26. The fourth-order valence-electron chi connectivity index (χ4n) is 6.12. The molecule has 9 rings (SSSR count). The third-order valence-corrected chi connectivity index (χ3v) is 14.2. The van der Waals surface area contributed by atoms with E-state index in [4.69, 9.17) is 4.74 Å². The summed E-state index contributed by atoms with van der Waals surface area (Å²) in [6, 6.07) is 42.1. The minimum atomic E-state index is -0.708. The van der Waals surface area contributed by atoms with Crippen LogP contribution in [-0.4, -0.2) is 0 Å². The minimum Gasteiger partial charge on any atom is -0.472 e. The van der Waals surface area contributed by atoms with Crippen LogP contribution in [0.1, 0.15) is 21.6 Å². The first-order valence-electron chi connectivity index (χ1n) is 15.0. The highest BCUT2D eigenvalue weighted by atomic mass is 32.1. The number of rotatable bonds is 6. The lowest BCUT2D eigenvalue weighted by atomic mass is 9.87. The van der Waals surface area contributed by atoms with E-state index >= 15 is 0 Å². The van der Waals surface area contributed by atoms with Gasteiger partial charge in [0.05, 0.1) is 4.88 Å². The molecule has 1 aliphatic rings. The summed E-state index contributed by atoms with van der Waals surface area (Å²) in [5.41, 5.74) is 4.04. The summed E-state index contributed by atoms with van der Waals surface area (Å²) in [6.07, 6.45) is 4.54. The maximum Gasteiger partial charge on any atom is 0.187 e. The second kappa shape index (κ2) is 11.3. The number of hydrogen-bond acceptors (Lipinski definition) is 6. The van der Waals surface area contributed by atoms with Crippen molar-refractivity contribution in [3.63, 3.8) is 0 Å². The van der Waals surface area contributed by atoms with Crippen molar-refractivity contribution in [3.05, 3.63) is 154 Å². The standard InChI is InChI=1S/C40H26OS5/c1-25-6-10-28(11-7-25)40(39-19-18-38(46-39)37-17-16-36(45-37)34-5-3-23-43-34)21-20-30-29-12-8-27(24-26(29)9-13-31(30)41-40)32-14-15-35(44-32)33-4-2-22-42-33/h2-24H,1H3. The summed E-state index contributed by atoms with van der Waals surface area (Å²) in [5.74, 6) is 0.908. The van der Waals surface area contributed by atoms with Gasteiger partial charge in [-0.3, -0.25) is 0 Å². The highest BCUT2D eigenvalue weighted by Crippen LogP contribution is 2.49. The summed E-state index contributed by atoms with van der Waals surface area (Å²) in [5, 5.41) is 6.70. The van der Waals surface area contributed by atoms with Crippen LogP contribution in [0.5, 0.6) is 5.75 Å². The highest BCUT2D eigenvalue weighted by Gasteiger charge is 2.39. The average Bonchev–Trinajstić information content (AvgIpc) is 3.92. The van der Waals surface area contributed by atoms with Crippen LogP contribution in [0.4, 0.5) is 0 Å². The van der Waals surface area contributed by atoms with Crippen LogP contribution < -0.4 is 4.74 Å². The summed E-state index contributed by atoms with van der Waals surface area (Å²) in [6.45, 7) is 2.13. The molecular formula is C40H26OS5. The number of benzene rings is 3. The first-order valence-corrected chi connectivity index (χ1v) is 19.2. The number of aryl methyl sites for hydroxylation is 1. The van der Waals surface area contributed by atoms with Gasteiger partial charge in [0.2, 0.25) is 0 Å². The van der Waals surface area contributed by atoms with Crippen molar-refractivity contribution < 1.29 is 4.74 Å². The maximum atomic E-state index is 7.14. The van der Waals surface area contributed by atoms with E-state index in [-0.39, 0.29) is 0 Å². The number of thiophene rings is 5. The van der Waals surface area contributed by atoms with Gasteiger partial charge in [0.1, 0.15) is 5.75 Å². The number of fused-ring (bicyclic) bond motifs is 3. The molecule has 0 saturated carbocycles. The monoisotopic (exact) mass is 682 g/mol. The van der Waals surface area contributed by atoms with Gasteiger partial charge in [-0.2, -0.15) is 0 Å². The molecule has 46 heavy (non-hydrogen) atoms. The number of ether oxygens (including phenoxy) is 1. The van der Waals surface area contributed by atoms with Crippen molar-refractivity contribution in [1.29, 1.82) is 0 Å². The molecule has 0 N–H and O–H groups in total. The second-order valence-electron chi connectivity index (χ2n) is 11.4. The molecule has 0 spiro atoms. The van der Waals surface area contributed by atoms with Gasteiger partial charge >= 0.3 is 0 Å². The lowest BCUT2D eigenvalue weighted by Crippen LogP contribution is -2.33. The predicted octanol–water partition coefficient (Wildman–Crippen LogP) is 13.5. The molecule has 0 bridgehead atoms. The molecule has 0 aliphatic carbocycles. The zero-order valence-corrected chi connectivity index (χ0v) is 28.8. The molecule has 0 radical (unpaired) electrons. The fraction of sp³-hybridized carbons (Fsp3) is 0.0500. The summed E-state index contributed by atoms with van der Waals surface area (Å²) < 4.78 is 7.14. The minimum absolute atomic E-state index is 0.708. The van der Waals surface area contributed by atoms with Gasteiger partial charge in [0.25, 0.3) is 0 Å². The fourth-order valence-corrected chi connectivity index (χ4v) is 11.0. The Hall–Kier alpha value is -4.04. The van der Waals surface area contributed by atoms with E-state index in [2.05, 4.69) is 145 Å². The van der Waals surface area contributed by atoms with Crippen molar-refractivity contribution in [2.45, 2.75) is 12.5 Å². The normalized spacial score (nSPS) is 15.7. The van der Waals surface area contributed by atoms with Gasteiger partial charge < -0.3 is 4.74 Å². The van der Waals surface area contributed by atoms with E-state index in [1.807, 2.05) is 34.0 Å². The average molecular weight is 683 g/mol. The van der Waals surface area contributed by atoms with E-state index in [0.717, 1.165) is 16.9 Å². The first-order chi connectivity index (χ1) is 22.6. The molecule has 1 unspecified atom stereocenters. The third kappa shape index (κ3) is 4.84. The maximum absolute atomic E-state index is 7.14. The summed E-state index contributed by atoms with van der Waals surface area (Å²) in [7, 11) is 0. The van der Waals surface area contributed by atoms with Crippen molar-refractivity contribution in [2.75, 3.05) is 0 Å². The molecule has 5 aromatic heterocycles. The third-order valence-electron chi connectivity index (χ3n) is 8.50. The van der Waals surface area contributed by atoms with Crippen LogP contribution in [-0.2, 0) is 5.60 Å². The van der Waals surface area contributed by atoms with Crippen LogP contribution in [0.15, 0.2) is 132 Å². The van der Waals surface area contributed by atoms with Crippen LogP contribution in [0.2, 0.25) is 0 Å². The van der Waals surface area contributed by atoms with E-state index < -0.39 is 5.60 Å². The molecule has 222 valence electrons. The Balaban J connectivity index is 1.09. The second-order valence-corrected chi connectivity index (χ2v) is 16.5. The number of hydrogen-bond donors (Lipinski definition) is 0. The zero-order valence-electron chi connectivity index (χ0n) is 24.7. The van der Waals surface area contributed by atoms with Crippen molar-refractivity contribution in [2.24, 2.45) is 0 Å². The largest absolute Gasteiger partial charge is 0.472 e. The topological polar surface area (TPSA) is 9.23 Å². The molecule has 3 aromatic carbocycles. The van der Waals surface area contributed by atoms with Crippen LogP contribution in [0.25, 0.3) is 56.6 Å². The van der Waals surface area contributed by atoms with Crippen LogP contribution in [0, 0.1) is 6.92 Å². The Bertz CT molecular complexity index is 2350. The van der Waals surface area contributed by atoms with E-state index in [1.165, 1.54) is 60.9 Å². The van der Waals surface area contributed by atoms with E-state index in [0.29, 0.717) is 0 Å². The molecule has 8 aromatic rings. The summed E-state index contributed by atoms with van der Waals surface area (Å²) in [4.78, 5) is 10.3. The van der Waals surface area contributed by atoms with Gasteiger partial charge in [-0.25, -0.2) is 0 Å².